The maximum Gasteiger partial charge on any atom is 0.176 e. The van der Waals surface area contributed by atoms with Gasteiger partial charge in [0.15, 0.2) is 5.65 Å². The van der Waals surface area contributed by atoms with E-state index in [2.05, 4.69) is 15.2 Å². The fraction of sp³-hybridized carbons (Fsp3) is 0.286. The molecular formula is C7H8N4. The number of fused-ring (bicyclic) bond motifs is 1. The Bertz CT molecular complexity index is 390. The normalized spacial score (nSPS) is 10.7. The highest BCUT2D eigenvalue weighted by atomic mass is 15.4. The quantitative estimate of drug-likeness (QED) is 0.553. The monoisotopic (exact) mass is 148 g/mol. The lowest BCUT2D eigenvalue weighted by Crippen LogP contribution is -1.94. The van der Waals surface area contributed by atoms with Crippen LogP contribution in [0.2, 0.25) is 0 Å². The van der Waals surface area contributed by atoms with Crippen molar-refractivity contribution in [1.82, 2.24) is 19.8 Å². The van der Waals surface area contributed by atoms with Gasteiger partial charge in [-0.3, -0.25) is 0 Å². The first-order chi connectivity index (χ1) is 5.25. The van der Waals surface area contributed by atoms with Gasteiger partial charge in [-0.1, -0.05) is 0 Å². The van der Waals surface area contributed by atoms with Crippen molar-refractivity contribution in [1.29, 1.82) is 0 Å². The number of aromatic nitrogens is 4. The molecule has 0 aliphatic heterocycles. The Hall–Kier alpha value is -1.45. The van der Waals surface area contributed by atoms with Crippen LogP contribution in [0.25, 0.3) is 5.65 Å². The third-order valence-corrected chi connectivity index (χ3v) is 1.45. The smallest absolute Gasteiger partial charge is 0.176 e. The summed E-state index contributed by atoms with van der Waals surface area (Å²) in [6, 6.07) is 3.83. The molecule has 0 saturated carbocycles. The summed E-state index contributed by atoms with van der Waals surface area (Å²) in [7, 11) is 0. The van der Waals surface area contributed by atoms with Gasteiger partial charge in [-0.25, -0.2) is 4.98 Å². The molecule has 0 amide bonds. The second kappa shape index (κ2) is 2.02. The van der Waals surface area contributed by atoms with Crippen LogP contribution in [0.4, 0.5) is 0 Å². The number of hydrogen-bond donors (Lipinski definition) is 0. The van der Waals surface area contributed by atoms with Crippen molar-refractivity contribution < 1.29 is 0 Å². The van der Waals surface area contributed by atoms with Crippen molar-refractivity contribution >= 4 is 5.65 Å². The Morgan fingerprint density at radius 2 is 2.00 bits per heavy atom. The zero-order chi connectivity index (χ0) is 7.84. The third-order valence-electron chi connectivity index (χ3n) is 1.45. The van der Waals surface area contributed by atoms with Gasteiger partial charge in [-0.2, -0.15) is 5.10 Å². The maximum atomic E-state index is 4.14. The van der Waals surface area contributed by atoms with E-state index >= 15 is 0 Å². The van der Waals surface area contributed by atoms with Crippen LogP contribution in [0.3, 0.4) is 0 Å². The van der Waals surface area contributed by atoms with Crippen LogP contribution in [-0.2, 0) is 0 Å². The summed E-state index contributed by atoms with van der Waals surface area (Å²) in [5.74, 6) is 0.753. The molecule has 4 nitrogen and oxygen atoms in total. The van der Waals surface area contributed by atoms with Crippen LogP contribution in [0.15, 0.2) is 12.1 Å². The standard InChI is InChI=1S/C7H8N4/c1-5-3-4-7-8-6(2)10-11(7)9-5/h3-4H,1-2H3. The molecule has 2 heterocycles. The van der Waals surface area contributed by atoms with E-state index in [0.717, 1.165) is 17.2 Å². The molecule has 0 atom stereocenters. The summed E-state index contributed by atoms with van der Waals surface area (Å²) in [5.41, 5.74) is 1.75. The minimum atomic E-state index is 0.753. The van der Waals surface area contributed by atoms with Crippen LogP contribution in [0.1, 0.15) is 11.5 Å². The molecule has 11 heavy (non-hydrogen) atoms. The molecule has 0 radical (unpaired) electrons. The zero-order valence-corrected chi connectivity index (χ0v) is 6.44. The molecule has 4 heteroatoms. The lowest BCUT2D eigenvalue weighted by atomic mass is 10.4. The third kappa shape index (κ3) is 0.960. The number of aryl methyl sites for hydroxylation is 2. The predicted molar refractivity (Wildman–Crippen MR) is 40.3 cm³/mol. The number of hydrogen-bond acceptors (Lipinski definition) is 3. The molecule has 0 aliphatic carbocycles. The van der Waals surface area contributed by atoms with E-state index in [9.17, 15) is 0 Å². The second-order valence-corrected chi connectivity index (χ2v) is 2.48. The first-order valence-corrected chi connectivity index (χ1v) is 3.43. The first kappa shape index (κ1) is 6.27. The topological polar surface area (TPSA) is 43.1 Å². The van der Waals surface area contributed by atoms with Gasteiger partial charge in [0.2, 0.25) is 0 Å². The minimum absolute atomic E-state index is 0.753. The van der Waals surface area contributed by atoms with Gasteiger partial charge in [-0.05, 0) is 26.0 Å². The molecule has 0 saturated heterocycles. The Kier molecular flexibility index (Phi) is 1.15. The largest absolute Gasteiger partial charge is 0.210 e. The Morgan fingerprint density at radius 1 is 1.18 bits per heavy atom. The van der Waals surface area contributed by atoms with Crippen LogP contribution in [-0.4, -0.2) is 19.8 Å². The molecule has 0 N–H and O–H groups in total. The minimum Gasteiger partial charge on any atom is -0.210 e. The summed E-state index contributed by atoms with van der Waals surface area (Å²) in [5, 5.41) is 8.21. The Balaban J connectivity index is 2.82. The van der Waals surface area contributed by atoms with Crippen molar-refractivity contribution in [2.45, 2.75) is 13.8 Å². The number of nitrogens with zero attached hydrogens (tertiary/aromatic N) is 4. The van der Waals surface area contributed by atoms with Gasteiger partial charge in [0, 0.05) is 0 Å². The lowest BCUT2D eigenvalue weighted by molar-refractivity contribution is 0.770. The van der Waals surface area contributed by atoms with Gasteiger partial charge >= 0.3 is 0 Å². The van der Waals surface area contributed by atoms with Crippen molar-refractivity contribution in [3.63, 3.8) is 0 Å². The van der Waals surface area contributed by atoms with Gasteiger partial charge < -0.3 is 0 Å². The van der Waals surface area contributed by atoms with Crippen molar-refractivity contribution in [2.24, 2.45) is 0 Å². The molecule has 0 unspecified atom stereocenters. The van der Waals surface area contributed by atoms with Crippen LogP contribution >= 0.6 is 0 Å². The van der Waals surface area contributed by atoms with Crippen molar-refractivity contribution in [3.05, 3.63) is 23.7 Å². The summed E-state index contributed by atoms with van der Waals surface area (Å²) < 4.78 is 1.55. The molecule has 2 aromatic heterocycles. The second-order valence-electron chi connectivity index (χ2n) is 2.48. The average molecular weight is 148 g/mol. The van der Waals surface area contributed by atoms with Crippen LogP contribution in [0, 0.1) is 13.8 Å². The van der Waals surface area contributed by atoms with E-state index in [-0.39, 0.29) is 0 Å². The van der Waals surface area contributed by atoms with Crippen LogP contribution < -0.4 is 0 Å². The zero-order valence-electron chi connectivity index (χ0n) is 6.44. The van der Waals surface area contributed by atoms with Crippen molar-refractivity contribution in [2.75, 3.05) is 0 Å². The molecule has 2 aromatic rings. The Morgan fingerprint density at radius 3 is 2.82 bits per heavy atom. The fourth-order valence-electron chi connectivity index (χ4n) is 0.977. The predicted octanol–water partition coefficient (Wildman–Crippen LogP) is 0.741. The highest BCUT2D eigenvalue weighted by Crippen LogP contribution is 1.98. The van der Waals surface area contributed by atoms with E-state index in [1.165, 1.54) is 0 Å². The Labute approximate surface area is 63.9 Å². The molecule has 0 bridgehead atoms. The summed E-state index contributed by atoms with van der Waals surface area (Å²) in [6.45, 7) is 3.78. The molecule has 0 fully saturated rings. The summed E-state index contributed by atoms with van der Waals surface area (Å²) in [4.78, 5) is 4.14. The van der Waals surface area contributed by atoms with Gasteiger partial charge in [0.05, 0.1) is 5.69 Å². The van der Waals surface area contributed by atoms with E-state index in [1.807, 2.05) is 26.0 Å². The van der Waals surface area contributed by atoms with Gasteiger partial charge in [0.1, 0.15) is 5.82 Å². The number of rotatable bonds is 0. The first-order valence-electron chi connectivity index (χ1n) is 3.43. The molecule has 56 valence electrons. The SMILES string of the molecule is Cc1ccc2nc(C)nn2n1. The fourth-order valence-corrected chi connectivity index (χ4v) is 0.977. The highest BCUT2D eigenvalue weighted by Gasteiger charge is 1.97. The maximum absolute atomic E-state index is 4.14. The van der Waals surface area contributed by atoms with Gasteiger partial charge in [0.25, 0.3) is 0 Å². The van der Waals surface area contributed by atoms with Crippen LogP contribution in [0.5, 0.6) is 0 Å². The molecule has 2 rings (SSSR count). The van der Waals surface area contributed by atoms with E-state index in [1.54, 1.807) is 4.63 Å². The van der Waals surface area contributed by atoms with E-state index in [0.29, 0.717) is 0 Å². The highest BCUT2D eigenvalue weighted by molar-refractivity contribution is 5.35. The summed E-state index contributed by atoms with van der Waals surface area (Å²) >= 11 is 0. The molecule has 0 aliphatic rings. The van der Waals surface area contributed by atoms with E-state index in [4.69, 9.17) is 0 Å². The molecule has 0 aromatic carbocycles. The van der Waals surface area contributed by atoms with Gasteiger partial charge in [-0.15, -0.1) is 9.73 Å². The molecule has 0 spiro atoms. The van der Waals surface area contributed by atoms with Crippen molar-refractivity contribution in [3.8, 4) is 0 Å². The van der Waals surface area contributed by atoms with E-state index < -0.39 is 0 Å². The molecular weight excluding hydrogens is 140 g/mol. The summed E-state index contributed by atoms with van der Waals surface area (Å²) in [6.07, 6.45) is 0. The average Bonchev–Trinajstić information content (AvgIpc) is 2.27. The lowest BCUT2D eigenvalue weighted by Gasteiger charge is -1.89.